The van der Waals surface area contributed by atoms with Crippen molar-refractivity contribution < 1.29 is 28.6 Å². The van der Waals surface area contributed by atoms with E-state index in [1.165, 1.54) is 161 Å². The Morgan fingerprint density at radius 1 is 0.352 bits per heavy atom. The smallest absolute Gasteiger partial charge is 0.306 e. The van der Waals surface area contributed by atoms with Gasteiger partial charge in [0, 0.05) is 19.3 Å². The minimum Gasteiger partial charge on any atom is -0.462 e. The summed E-state index contributed by atoms with van der Waals surface area (Å²) in [4.78, 5) is 37.8. The predicted molar refractivity (Wildman–Crippen MR) is 229 cm³/mol. The van der Waals surface area contributed by atoms with Gasteiger partial charge < -0.3 is 14.2 Å². The molecular formula is C48H92O6. The van der Waals surface area contributed by atoms with Gasteiger partial charge in [-0.1, -0.05) is 227 Å². The lowest BCUT2D eigenvalue weighted by atomic mass is 10.0. The first-order chi connectivity index (χ1) is 26.4. The second-order valence-corrected chi connectivity index (χ2v) is 16.9. The summed E-state index contributed by atoms with van der Waals surface area (Å²) in [5, 5.41) is 0. The average Bonchev–Trinajstić information content (AvgIpc) is 3.15. The van der Waals surface area contributed by atoms with Crippen molar-refractivity contribution in [1.29, 1.82) is 0 Å². The van der Waals surface area contributed by atoms with Crippen molar-refractivity contribution in [2.75, 3.05) is 13.2 Å². The number of esters is 3. The summed E-state index contributed by atoms with van der Waals surface area (Å²) < 4.78 is 16.7. The normalized spacial score (nSPS) is 11.9. The van der Waals surface area contributed by atoms with E-state index in [-0.39, 0.29) is 31.1 Å². The first kappa shape index (κ1) is 52.4. The quantitative estimate of drug-likeness (QED) is 0.0349. The van der Waals surface area contributed by atoms with Gasteiger partial charge in [0.25, 0.3) is 0 Å². The number of carbonyl (C=O) groups is 3. The minimum atomic E-state index is -0.759. The van der Waals surface area contributed by atoms with Gasteiger partial charge in [0.05, 0.1) is 0 Å². The fraction of sp³-hybridized carbons (Fsp3) is 0.938. The van der Waals surface area contributed by atoms with Crippen LogP contribution >= 0.6 is 0 Å². The van der Waals surface area contributed by atoms with E-state index in [9.17, 15) is 14.4 Å². The highest BCUT2D eigenvalue weighted by atomic mass is 16.6. The Hall–Kier alpha value is -1.59. The maximum atomic E-state index is 12.7. The molecule has 0 radical (unpaired) electrons. The van der Waals surface area contributed by atoms with Crippen molar-refractivity contribution in [1.82, 2.24) is 0 Å². The summed E-state index contributed by atoms with van der Waals surface area (Å²) in [5.74, 6) is -0.0351. The van der Waals surface area contributed by atoms with Crippen LogP contribution in [0.1, 0.15) is 265 Å². The van der Waals surface area contributed by atoms with E-state index < -0.39 is 6.10 Å². The second kappa shape index (κ2) is 42.6. The monoisotopic (exact) mass is 765 g/mol. The van der Waals surface area contributed by atoms with Gasteiger partial charge in [0.15, 0.2) is 6.10 Å². The molecule has 0 aromatic heterocycles. The number of hydrogen-bond acceptors (Lipinski definition) is 6. The molecule has 0 saturated heterocycles. The van der Waals surface area contributed by atoms with Crippen molar-refractivity contribution in [3.05, 3.63) is 0 Å². The molecule has 54 heavy (non-hydrogen) atoms. The maximum absolute atomic E-state index is 12.7. The van der Waals surface area contributed by atoms with Crippen LogP contribution in [0.3, 0.4) is 0 Å². The predicted octanol–water partition coefficient (Wildman–Crippen LogP) is 15.1. The molecule has 320 valence electrons. The summed E-state index contributed by atoms with van der Waals surface area (Å²) in [6, 6.07) is 0. The highest BCUT2D eigenvalue weighted by Crippen LogP contribution is 2.16. The van der Waals surface area contributed by atoms with Crippen molar-refractivity contribution in [2.24, 2.45) is 5.92 Å². The van der Waals surface area contributed by atoms with Gasteiger partial charge in [0.1, 0.15) is 13.2 Å². The number of carbonyl (C=O) groups excluding carboxylic acids is 3. The molecule has 0 rings (SSSR count). The number of ether oxygens (including phenoxy) is 3. The van der Waals surface area contributed by atoms with Gasteiger partial charge in [-0.2, -0.15) is 0 Å². The van der Waals surface area contributed by atoms with Gasteiger partial charge in [-0.05, 0) is 25.2 Å². The van der Waals surface area contributed by atoms with Crippen LogP contribution in [0, 0.1) is 5.92 Å². The molecule has 0 aromatic rings. The Bertz CT molecular complexity index is 811. The topological polar surface area (TPSA) is 78.9 Å². The van der Waals surface area contributed by atoms with Crippen LogP contribution in [0.15, 0.2) is 0 Å². The van der Waals surface area contributed by atoms with Gasteiger partial charge in [0.2, 0.25) is 0 Å². The molecule has 1 atom stereocenters. The lowest BCUT2D eigenvalue weighted by Gasteiger charge is -2.18. The zero-order chi connectivity index (χ0) is 39.6. The van der Waals surface area contributed by atoms with Crippen LogP contribution in [0.2, 0.25) is 0 Å². The molecule has 0 N–H and O–H groups in total. The SMILES string of the molecule is CCCCCCCCCCCCCCC(=O)OC[C@@H](COC(=O)CCCCCCCCCCCCC)OC(=O)CCCCCCCCCCCCC(C)C. The summed E-state index contributed by atoms with van der Waals surface area (Å²) >= 11 is 0. The zero-order valence-electron chi connectivity index (χ0n) is 36.7. The molecule has 0 aromatic carbocycles. The summed E-state index contributed by atoms with van der Waals surface area (Å²) in [6.45, 7) is 8.99. The van der Waals surface area contributed by atoms with Crippen molar-refractivity contribution >= 4 is 17.9 Å². The van der Waals surface area contributed by atoms with Gasteiger partial charge in [-0.3, -0.25) is 14.4 Å². The highest BCUT2D eigenvalue weighted by molar-refractivity contribution is 5.71. The molecule has 0 aliphatic heterocycles. The Morgan fingerprint density at radius 3 is 0.907 bits per heavy atom. The maximum Gasteiger partial charge on any atom is 0.306 e. The molecule has 0 fully saturated rings. The summed E-state index contributed by atoms with van der Waals surface area (Å²) in [5.41, 5.74) is 0. The molecule has 6 heteroatoms. The van der Waals surface area contributed by atoms with Crippen LogP contribution in [0.25, 0.3) is 0 Å². The third-order valence-electron chi connectivity index (χ3n) is 10.8. The lowest BCUT2D eigenvalue weighted by molar-refractivity contribution is -0.167. The third kappa shape index (κ3) is 41.6. The third-order valence-corrected chi connectivity index (χ3v) is 10.8. The Kier molecular flexibility index (Phi) is 41.3. The second-order valence-electron chi connectivity index (χ2n) is 16.9. The summed E-state index contributed by atoms with van der Waals surface area (Å²) in [7, 11) is 0. The van der Waals surface area contributed by atoms with Crippen molar-refractivity contribution in [3.63, 3.8) is 0 Å². The lowest BCUT2D eigenvalue weighted by Crippen LogP contribution is -2.30. The van der Waals surface area contributed by atoms with Gasteiger partial charge >= 0.3 is 17.9 Å². The number of hydrogen-bond donors (Lipinski definition) is 0. The first-order valence-corrected chi connectivity index (χ1v) is 23.9. The molecule has 6 nitrogen and oxygen atoms in total. The van der Waals surface area contributed by atoms with E-state index in [0.29, 0.717) is 19.3 Å². The average molecular weight is 765 g/mol. The Labute approximate surface area is 336 Å². The van der Waals surface area contributed by atoms with Gasteiger partial charge in [-0.15, -0.1) is 0 Å². The van der Waals surface area contributed by atoms with E-state index in [1.807, 2.05) is 0 Å². The van der Waals surface area contributed by atoms with E-state index in [1.54, 1.807) is 0 Å². The van der Waals surface area contributed by atoms with Gasteiger partial charge in [-0.25, -0.2) is 0 Å². The molecule has 0 spiro atoms. The molecule has 0 aliphatic rings. The fourth-order valence-corrected chi connectivity index (χ4v) is 7.16. The molecule has 0 bridgehead atoms. The van der Waals surface area contributed by atoms with Crippen LogP contribution in [0.5, 0.6) is 0 Å². The number of rotatable bonds is 43. The van der Waals surface area contributed by atoms with Crippen LogP contribution < -0.4 is 0 Å². The minimum absolute atomic E-state index is 0.0635. The molecule has 0 amide bonds. The highest BCUT2D eigenvalue weighted by Gasteiger charge is 2.19. The molecular weight excluding hydrogens is 673 g/mol. The summed E-state index contributed by atoms with van der Waals surface area (Å²) in [6.07, 6.45) is 42.2. The van der Waals surface area contributed by atoms with Crippen molar-refractivity contribution in [3.8, 4) is 0 Å². The van der Waals surface area contributed by atoms with Crippen LogP contribution in [0.4, 0.5) is 0 Å². The van der Waals surface area contributed by atoms with Crippen LogP contribution in [-0.4, -0.2) is 37.2 Å². The molecule has 0 aliphatic carbocycles. The first-order valence-electron chi connectivity index (χ1n) is 23.9. The zero-order valence-corrected chi connectivity index (χ0v) is 36.7. The molecule has 0 heterocycles. The van der Waals surface area contributed by atoms with E-state index >= 15 is 0 Å². The standard InChI is InChI=1S/C48H92O6/c1-5-7-9-11-13-15-17-19-24-28-32-36-40-47(50)53-43-45(42-52-46(49)39-35-31-27-23-18-16-14-12-10-8-6-2)54-48(51)41-37-33-29-25-21-20-22-26-30-34-38-44(3)4/h44-45H,5-43H2,1-4H3/t45-/m1/s1. The molecule has 0 saturated carbocycles. The largest absolute Gasteiger partial charge is 0.462 e. The Balaban J connectivity index is 4.33. The van der Waals surface area contributed by atoms with E-state index in [2.05, 4.69) is 27.7 Å². The van der Waals surface area contributed by atoms with Crippen molar-refractivity contribution in [2.45, 2.75) is 271 Å². The number of unbranched alkanes of at least 4 members (excludes halogenated alkanes) is 30. The van der Waals surface area contributed by atoms with Crippen LogP contribution in [-0.2, 0) is 28.6 Å². The fourth-order valence-electron chi connectivity index (χ4n) is 7.16. The van der Waals surface area contributed by atoms with E-state index in [0.717, 1.165) is 63.7 Å². The Morgan fingerprint density at radius 2 is 0.611 bits per heavy atom. The molecule has 0 unspecified atom stereocenters. The van der Waals surface area contributed by atoms with E-state index in [4.69, 9.17) is 14.2 Å².